The number of hydrogen-bond donors (Lipinski definition) is 1. The molecule has 112 valence electrons. The number of anilines is 2. The van der Waals surface area contributed by atoms with Gasteiger partial charge in [-0.05, 0) is 24.1 Å². The van der Waals surface area contributed by atoms with Crippen molar-refractivity contribution in [3.63, 3.8) is 0 Å². The van der Waals surface area contributed by atoms with Crippen LogP contribution in [0.3, 0.4) is 0 Å². The minimum atomic E-state index is 0.484. The summed E-state index contributed by atoms with van der Waals surface area (Å²) in [6.07, 6.45) is 3.98. The van der Waals surface area contributed by atoms with Crippen molar-refractivity contribution < 1.29 is 0 Å². The second-order valence-corrected chi connectivity index (χ2v) is 6.22. The lowest BCUT2D eigenvalue weighted by molar-refractivity contribution is 0.922. The molecule has 0 amide bonds. The van der Waals surface area contributed by atoms with Crippen LogP contribution in [0.25, 0.3) is 11.3 Å². The van der Waals surface area contributed by atoms with Gasteiger partial charge < -0.3 is 5.32 Å². The molecule has 0 aliphatic heterocycles. The molecule has 0 atom stereocenters. The van der Waals surface area contributed by atoms with E-state index in [4.69, 9.17) is 11.6 Å². The van der Waals surface area contributed by atoms with Crippen molar-refractivity contribution >= 4 is 33.8 Å². The maximum Gasteiger partial charge on any atom is 0.187 e. The van der Waals surface area contributed by atoms with Crippen LogP contribution < -0.4 is 5.32 Å². The van der Waals surface area contributed by atoms with Crippen molar-refractivity contribution in [1.82, 2.24) is 9.97 Å². The monoisotopic (exact) mass is 329 g/mol. The number of aromatic nitrogens is 2. The highest BCUT2D eigenvalue weighted by Gasteiger charge is 2.05. The van der Waals surface area contributed by atoms with E-state index in [0.29, 0.717) is 5.15 Å². The normalized spacial score (nSPS) is 10.6. The van der Waals surface area contributed by atoms with E-state index in [1.54, 1.807) is 23.6 Å². The molecule has 3 rings (SSSR count). The van der Waals surface area contributed by atoms with Gasteiger partial charge in [-0.25, -0.2) is 9.97 Å². The Labute approximate surface area is 139 Å². The van der Waals surface area contributed by atoms with Crippen LogP contribution in [0.5, 0.6) is 0 Å². The number of nitrogens with one attached hydrogen (secondary N) is 1. The van der Waals surface area contributed by atoms with Gasteiger partial charge in [0.25, 0.3) is 0 Å². The zero-order valence-corrected chi connectivity index (χ0v) is 13.8. The summed E-state index contributed by atoms with van der Waals surface area (Å²) in [4.78, 5) is 8.67. The third-order valence-corrected chi connectivity index (χ3v) is 4.25. The van der Waals surface area contributed by atoms with Crippen LogP contribution >= 0.6 is 22.9 Å². The Morgan fingerprint density at radius 2 is 1.95 bits per heavy atom. The standard InChI is InChI=1S/C17H16ClN3S/c1-2-3-12-4-6-13(7-5-12)15-11-22-17(21-15)20-14-8-9-16(18)19-10-14/h4-11H,2-3H2,1H3,(H,20,21). The molecular formula is C17H16ClN3S. The Morgan fingerprint density at radius 1 is 1.14 bits per heavy atom. The van der Waals surface area contributed by atoms with Crippen molar-refractivity contribution in [1.29, 1.82) is 0 Å². The molecule has 5 heteroatoms. The van der Waals surface area contributed by atoms with E-state index in [9.17, 15) is 0 Å². The van der Waals surface area contributed by atoms with Crippen molar-refractivity contribution in [2.24, 2.45) is 0 Å². The van der Waals surface area contributed by atoms with Gasteiger partial charge in [0.2, 0.25) is 0 Å². The molecule has 0 bridgehead atoms. The van der Waals surface area contributed by atoms with Crippen molar-refractivity contribution in [2.75, 3.05) is 5.32 Å². The molecule has 0 radical (unpaired) electrons. The van der Waals surface area contributed by atoms with Gasteiger partial charge in [-0.2, -0.15) is 0 Å². The number of pyridine rings is 1. The molecule has 22 heavy (non-hydrogen) atoms. The number of halogens is 1. The molecule has 0 unspecified atom stereocenters. The first-order valence-electron chi connectivity index (χ1n) is 7.18. The van der Waals surface area contributed by atoms with E-state index in [0.717, 1.165) is 28.5 Å². The van der Waals surface area contributed by atoms with E-state index in [-0.39, 0.29) is 0 Å². The molecule has 3 nitrogen and oxygen atoms in total. The molecule has 0 spiro atoms. The van der Waals surface area contributed by atoms with Crippen LogP contribution in [0.1, 0.15) is 18.9 Å². The summed E-state index contributed by atoms with van der Waals surface area (Å²) in [5.74, 6) is 0. The number of benzene rings is 1. The fourth-order valence-electron chi connectivity index (χ4n) is 2.17. The van der Waals surface area contributed by atoms with Crippen molar-refractivity contribution in [2.45, 2.75) is 19.8 Å². The van der Waals surface area contributed by atoms with Gasteiger partial charge in [-0.15, -0.1) is 11.3 Å². The van der Waals surface area contributed by atoms with Gasteiger partial charge >= 0.3 is 0 Å². The van der Waals surface area contributed by atoms with Gasteiger partial charge in [0.05, 0.1) is 17.6 Å². The molecule has 3 aromatic rings. The summed E-state index contributed by atoms with van der Waals surface area (Å²) < 4.78 is 0. The zero-order chi connectivity index (χ0) is 15.4. The minimum absolute atomic E-state index is 0.484. The molecule has 2 heterocycles. The first kappa shape index (κ1) is 15.0. The quantitative estimate of drug-likeness (QED) is 0.623. The SMILES string of the molecule is CCCc1ccc(-c2csc(Nc3ccc(Cl)nc3)n2)cc1. The molecule has 0 saturated carbocycles. The predicted octanol–water partition coefficient (Wildman–Crippen LogP) is 5.55. The van der Waals surface area contributed by atoms with E-state index in [1.165, 1.54) is 12.0 Å². The number of nitrogens with zero attached hydrogens (tertiary/aromatic N) is 2. The summed E-state index contributed by atoms with van der Waals surface area (Å²) in [6.45, 7) is 2.19. The predicted molar refractivity (Wildman–Crippen MR) is 94.1 cm³/mol. The van der Waals surface area contributed by atoms with Crippen LogP contribution in [-0.2, 0) is 6.42 Å². The van der Waals surface area contributed by atoms with E-state index < -0.39 is 0 Å². The summed E-state index contributed by atoms with van der Waals surface area (Å²) in [5.41, 5.74) is 4.37. The smallest absolute Gasteiger partial charge is 0.187 e. The second-order valence-electron chi connectivity index (χ2n) is 4.98. The largest absolute Gasteiger partial charge is 0.330 e. The lowest BCUT2D eigenvalue weighted by Crippen LogP contribution is -1.90. The van der Waals surface area contributed by atoms with Crippen LogP contribution in [-0.4, -0.2) is 9.97 Å². The summed E-state index contributed by atoms with van der Waals surface area (Å²) in [5, 5.41) is 6.62. The first-order chi connectivity index (χ1) is 10.7. The highest BCUT2D eigenvalue weighted by Crippen LogP contribution is 2.27. The number of aryl methyl sites for hydroxylation is 1. The van der Waals surface area contributed by atoms with Gasteiger partial charge in [-0.1, -0.05) is 49.2 Å². The van der Waals surface area contributed by atoms with Crippen LogP contribution in [0.2, 0.25) is 5.15 Å². The topological polar surface area (TPSA) is 37.8 Å². The molecule has 0 aliphatic rings. The van der Waals surface area contributed by atoms with Gasteiger partial charge in [0, 0.05) is 10.9 Å². The Hall–Kier alpha value is -1.91. The second kappa shape index (κ2) is 6.90. The van der Waals surface area contributed by atoms with Gasteiger partial charge in [-0.3, -0.25) is 0 Å². The molecule has 1 aromatic carbocycles. The van der Waals surface area contributed by atoms with E-state index in [1.807, 2.05) is 6.07 Å². The third kappa shape index (κ3) is 3.64. The van der Waals surface area contributed by atoms with Crippen LogP contribution in [0, 0.1) is 0 Å². The molecule has 0 saturated heterocycles. The molecule has 0 fully saturated rings. The maximum atomic E-state index is 5.78. The first-order valence-corrected chi connectivity index (χ1v) is 8.44. The summed E-state index contributed by atoms with van der Waals surface area (Å²) >= 11 is 7.36. The number of thiazole rings is 1. The summed E-state index contributed by atoms with van der Waals surface area (Å²) in [6, 6.07) is 12.3. The molecule has 0 aliphatic carbocycles. The van der Waals surface area contributed by atoms with Crippen molar-refractivity contribution in [3.8, 4) is 11.3 Å². The fourth-order valence-corrected chi connectivity index (χ4v) is 3.02. The van der Waals surface area contributed by atoms with E-state index in [2.05, 4.69) is 51.9 Å². The highest BCUT2D eigenvalue weighted by atomic mass is 35.5. The van der Waals surface area contributed by atoms with Crippen molar-refractivity contribution in [3.05, 3.63) is 58.7 Å². The highest BCUT2D eigenvalue weighted by molar-refractivity contribution is 7.14. The molecule has 1 N–H and O–H groups in total. The number of hydrogen-bond acceptors (Lipinski definition) is 4. The van der Waals surface area contributed by atoms with Gasteiger partial charge in [0.15, 0.2) is 5.13 Å². The minimum Gasteiger partial charge on any atom is -0.330 e. The fraction of sp³-hybridized carbons (Fsp3) is 0.176. The molecular weight excluding hydrogens is 314 g/mol. The van der Waals surface area contributed by atoms with E-state index >= 15 is 0 Å². The Bertz CT molecular complexity index is 735. The van der Waals surface area contributed by atoms with Gasteiger partial charge in [0.1, 0.15) is 5.15 Å². The average Bonchev–Trinajstić information content (AvgIpc) is 2.99. The zero-order valence-electron chi connectivity index (χ0n) is 12.2. The van der Waals surface area contributed by atoms with Crippen LogP contribution in [0.15, 0.2) is 48.0 Å². The lowest BCUT2D eigenvalue weighted by Gasteiger charge is -2.02. The Morgan fingerprint density at radius 3 is 2.64 bits per heavy atom. The number of rotatable bonds is 5. The average molecular weight is 330 g/mol. The third-order valence-electron chi connectivity index (χ3n) is 3.27. The summed E-state index contributed by atoms with van der Waals surface area (Å²) in [7, 11) is 0. The Kier molecular flexibility index (Phi) is 4.71. The van der Waals surface area contributed by atoms with Crippen LogP contribution in [0.4, 0.5) is 10.8 Å². The molecule has 2 aromatic heterocycles. The Balaban J connectivity index is 1.74. The lowest BCUT2D eigenvalue weighted by atomic mass is 10.1. The maximum absolute atomic E-state index is 5.78.